The molecule has 2 N–H and O–H groups in total. The third kappa shape index (κ3) is 7.25. The van der Waals surface area contributed by atoms with Gasteiger partial charge in [-0.1, -0.05) is 24.3 Å². The molecule has 0 saturated carbocycles. The van der Waals surface area contributed by atoms with E-state index in [1.54, 1.807) is 0 Å². The number of rotatable bonds is 10. The molecule has 0 unspecified atom stereocenters. The Hall–Kier alpha value is -3.33. The minimum Gasteiger partial charge on any atom is -1.00 e. The molecule has 2 amide bonds. The summed E-state index contributed by atoms with van der Waals surface area (Å²) in [5.74, 6) is 0.107. The number of aryl methyl sites for hydroxylation is 1. The van der Waals surface area contributed by atoms with Crippen molar-refractivity contribution < 1.29 is 31.1 Å². The molecular weight excluding hydrogens is 602 g/mol. The van der Waals surface area contributed by atoms with Crippen LogP contribution in [0.1, 0.15) is 45.4 Å². The van der Waals surface area contributed by atoms with E-state index in [2.05, 4.69) is 80.5 Å². The number of carbonyl (C=O) groups is 2. The summed E-state index contributed by atoms with van der Waals surface area (Å²) in [4.78, 5) is 30.4. The topological polar surface area (TPSA) is 68.6 Å². The van der Waals surface area contributed by atoms with Gasteiger partial charge in [0.25, 0.3) is 0 Å². The highest BCUT2D eigenvalue weighted by molar-refractivity contribution is 6.11. The maximum absolute atomic E-state index is 12.9. The van der Waals surface area contributed by atoms with Crippen LogP contribution in [0.25, 0.3) is 32.9 Å². The highest BCUT2D eigenvalue weighted by atomic mass is 79.9. The average molecular weight is 645 g/mol. The summed E-state index contributed by atoms with van der Waals surface area (Å²) in [7, 11) is 0. The first kappa shape index (κ1) is 31.1. The van der Waals surface area contributed by atoms with E-state index in [-0.39, 0.29) is 28.8 Å². The van der Waals surface area contributed by atoms with Gasteiger partial charge in [-0.25, -0.2) is 0 Å². The molecule has 0 atom stereocenters. The van der Waals surface area contributed by atoms with Gasteiger partial charge in [-0.3, -0.25) is 9.59 Å². The van der Waals surface area contributed by atoms with Crippen molar-refractivity contribution in [2.75, 3.05) is 49.9 Å². The molecule has 1 aromatic heterocycles. The Morgan fingerprint density at radius 2 is 1.23 bits per heavy atom. The number of nitrogens with zero attached hydrogens (tertiary/aromatic N) is 3. The van der Waals surface area contributed by atoms with Gasteiger partial charge >= 0.3 is 0 Å². The summed E-state index contributed by atoms with van der Waals surface area (Å²) in [6.45, 7) is 8.92. The maximum atomic E-state index is 12.9. The number of benzene rings is 3. The van der Waals surface area contributed by atoms with Gasteiger partial charge in [0.2, 0.25) is 23.0 Å². The summed E-state index contributed by atoms with van der Waals surface area (Å²) in [6.07, 6.45) is 5.93. The Kier molecular flexibility index (Phi) is 10.4. The number of pyridine rings is 1. The lowest BCUT2D eigenvalue weighted by Gasteiger charge is -2.16. The summed E-state index contributed by atoms with van der Waals surface area (Å²) >= 11 is 0. The van der Waals surface area contributed by atoms with Gasteiger partial charge in [-0.2, -0.15) is 4.57 Å². The lowest BCUT2D eigenvalue weighted by atomic mass is 9.98. The predicted molar refractivity (Wildman–Crippen MR) is 171 cm³/mol. The molecule has 6 rings (SSSR count). The zero-order valence-corrected chi connectivity index (χ0v) is 26.7. The van der Waals surface area contributed by atoms with Crippen molar-refractivity contribution in [3.8, 4) is 11.3 Å². The van der Waals surface area contributed by atoms with Crippen LogP contribution in [0.3, 0.4) is 0 Å². The van der Waals surface area contributed by atoms with Gasteiger partial charge in [0, 0.05) is 54.3 Å². The third-order valence-electron chi connectivity index (χ3n) is 8.76. The van der Waals surface area contributed by atoms with Crippen LogP contribution in [-0.2, 0) is 16.1 Å². The van der Waals surface area contributed by atoms with Gasteiger partial charge in [-0.15, -0.1) is 0 Å². The summed E-state index contributed by atoms with van der Waals surface area (Å²) < 4.78 is 2.33. The molecule has 43 heavy (non-hydrogen) atoms. The highest BCUT2D eigenvalue weighted by Gasteiger charge is 2.24. The van der Waals surface area contributed by atoms with Crippen LogP contribution >= 0.6 is 0 Å². The zero-order chi connectivity index (χ0) is 28.9. The van der Waals surface area contributed by atoms with E-state index >= 15 is 0 Å². The number of hydrogen-bond donors (Lipinski definition) is 2. The van der Waals surface area contributed by atoms with Crippen LogP contribution in [0.4, 0.5) is 11.4 Å². The molecule has 3 heterocycles. The van der Waals surface area contributed by atoms with E-state index in [1.165, 1.54) is 25.7 Å². The van der Waals surface area contributed by atoms with Gasteiger partial charge < -0.3 is 37.4 Å². The van der Waals surface area contributed by atoms with E-state index < -0.39 is 0 Å². The zero-order valence-electron chi connectivity index (χ0n) is 25.1. The molecule has 7 nitrogen and oxygen atoms in total. The predicted octanol–water partition coefficient (Wildman–Crippen LogP) is 2.82. The van der Waals surface area contributed by atoms with Crippen LogP contribution in [0.5, 0.6) is 0 Å². The molecule has 3 aromatic carbocycles. The molecule has 2 fully saturated rings. The van der Waals surface area contributed by atoms with Gasteiger partial charge in [0.1, 0.15) is 6.54 Å². The Balaban J connectivity index is 0.00000368. The van der Waals surface area contributed by atoms with Gasteiger partial charge in [0.15, 0.2) is 0 Å². The monoisotopic (exact) mass is 643 g/mol. The molecule has 2 aliphatic rings. The fourth-order valence-corrected chi connectivity index (χ4v) is 6.59. The van der Waals surface area contributed by atoms with E-state index in [1.807, 2.05) is 18.2 Å². The lowest BCUT2D eigenvalue weighted by molar-refractivity contribution is -0.655. The fourth-order valence-electron chi connectivity index (χ4n) is 6.59. The first-order valence-electron chi connectivity index (χ1n) is 15.6. The Morgan fingerprint density at radius 3 is 1.79 bits per heavy atom. The van der Waals surface area contributed by atoms with Crippen LogP contribution in [-0.4, -0.2) is 60.9 Å². The SMILES string of the molecule is CC[n+]1c(-c2ccccc2)c2cc(NC(=O)CCN3CCCC3)ccc2c2ccc(NC(=O)CCN3CCCC3)cc21.[Br-]. The van der Waals surface area contributed by atoms with Gasteiger partial charge in [-0.05, 0) is 95.2 Å². The first-order valence-corrected chi connectivity index (χ1v) is 15.6. The van der Waals surface area contributed by atoms with Crippen molar-refractivity contribution in [3.05, 3.63) is 66.7 Å². The molecular formula is C35H42BrN5O2. The number of aromatic nitrogens is 1. The van der Waals surface area contributed by atoms with Crippen molar-refractivity contribution in [2.45, 2.75) is 52.0 Å². The summed E-state index contributed by atoms with van der Waals surface area (Å²) in [6, 6.07) is 22.9. The number of anilines is 2. The van der Waals surface area contributed by atoms with Crippen molar-refractivity contribution >= 4 is 44.9 Å². The lowest BCUT2D eigenvalue weighted by Crippen LogP contribution is -3.00. The largest absolute Gasteiger partial charge is 1.00 e. The first-order chi connectivity index (χ1) is 20.6. The van der Waals surface area contributed by atoms with Crippen LogP contribution in [0, 0.1) is 0 Å². The minimum absolute atomic E-state index is 0. The van der Waals surface area contributed by atoms with Crippen LogP contribution < -0.4 is 32.2 Å². The van der Waals surface area contributed by atoms with Crippen LogP contribution in [0.15, 0.2) is 66.7 Å². The number of nitrogens with one attached hydrogen (secondary N) is 2. The molecule has 2 saturated heterocycles. The van der Waals surface area contributed by atoms with E-state index in [4.69, 9.17) is 0 Å². The second-order valence-corrected chi connectivity index (χ2v) is 11.6. The van der Waals surface area contributed by atoms with Crippen molar-refractivity contribution in [2.24, 2.45) is 0 Å². The van der Waals surface area contributed by atoms with Crippen molar-refractivity contribution in [1.82, 2.24) is 9.80 Å². The second kappa shape index (κ2) is 14.4. The highest BCUT2D eigenvalue weighted by Crippen LogP contribution is 2.34. The van der Waals surface area contributed by atoms with E-state index in [0.717, 1.165) is 90.1 Å². The number of likely N-dealkylation sites (tertiary alicyclic amines) is 2. The third-order valence-corrected chi connectivity index (χ3v) is 8.76. The normalized spacial score (nSPS) is 15.6. The average Bonchev–Trinajstić information content (AvgIpc) is 3.73. The maximum Gasteiger partial charge on any atom is 0.225 e. The second-order valence-electron chi connectivity index (χ2n) is 11.6. The van der Waals surface area contributed by atoms with E-state index in [9.17, 15) is 9.59 Å². The smallest absolute Gasteiger partial charge is 0.225 e. The molecule has 0 aliphatic carbocycles. The quantitative estimate of drug-likeness (QED) is 0.206. The summed E-state index contributed by atoms with van der Waals surface area (Å²) in [5, 5.41) is 9.64. The number of hydrogen-bond acceptors (Lipinski definition) is 4. The molecule has 0 spiro atoms. The van der Waals surface area contributed by atoms with Crippen LogP contribution in [0.2, 0.25) is 0 Å². The molecule has 226 valence electrons. The molecule has 2 aliphatic heterocycles. The molecule has 0 bridgehead atoms. The van der Waals surface area contributed by atoms with Crippen molar-refractivity contribution in [1.29, 1.82) is 0 Å². The number of fused-ring (bicyclic) bond motifs is 3. The Labute approximate surface area is 265 Å². The Morgan fingerprint density at radius 1 is 0.698 bits per heavy atom. The van der Waals surface area contributed by atoms with Gasteiger partial charge in [0.05, 0.1) is 10.8 Å². The fraction of sp³-hybridized carbons (Fsp3) is 0.400. The number of carbonyl (C=O) groups excluding carboxylic acids is 2. The Bertz CT molecular complexity index is 1580. The molecule has 8 heteroatoms. The summed E-state index contributed by atoms with van der Waals surface area (Å²) in [5.41, 5.74) is 4.92. The van der Waals surface area contributed by atoms with Crippen molar-refractivity contribution in [3.63, 3.8) is 0 Å². The minimum atomic E-state index is 0. The molecule has 4 aromatic rings. The molecule has 0 radical (unpaired) electrons. The van der Waals surface area contributed by atoms with E-state index in [0.29, 0.717) is 12.8 Å². The number of halogens is 1. The number of amides is 2. The standard InChI is InChI=1S/C35H41N5O2.BrH/c1-2-40-32-25-28(37-34(42)17-23-39-20-8-9-21-39)13-15-30(32)29-14-12-27(36-33(41)16-22-38-18-6-7-19-38)24-31(29)35(40)26-10-4-3-5-11-26;/h3-5,10-15,24-25H,2,6-9,16-23H2,1H3,(H,36,41);1H.